The third kappa shape index (κ3) is 6.30. The first-order valence-electron chi connectivity index (χ1n) is 11.9. The number of nitrogens with one attached hydrogen (secondary N) is 2. The molecule has 0 saturated heterocycles. The number of carbonyl (C=O) groups excluding carboxylic acids is 1. The van der Waals surface area contributed by atoms with Gasteiger partial charge in [-0.15, -0.1) is 10.2 Å². The largest absolute Gasteiger partial charge is 0.508 e. The van der Waals surface area contributed by atoms with Crippen molar-refractivity contribution in [2.75, 3.05) is 32.5 Å². The van der Waals surface area contributed by atoms with Crippen LogP contribution < -0.4 is 10.6 Å². The smallest absolute Gasteiger partial charge is 0.289 e. The van der Waals surface area contributed by atoms with Gasteiger partial charge in [-0.3, -0.25) is 9.36 Å². The number of aromatic nitrogens is 3. The van der Waals surface area contributed by atoms with Crippen LogP contribution in [0.1, 0.15) is 56.2 Å². The molecule has 0 fully saturated rings. The maximum Gasteiger partial charge on any atom is 0.289 e. The molecule has 4 N–H and O–H groups in total. The topological polar surface area (TPSA) is 116 Å². The molecule has 9 heteroatoms. The fraction of sp³-hybridized carbons (Fsp3) is 0.423. The molecule has 1 aromatic heterocycles. The molecule has 3 rings (SSSR count). The lowest BCUT2D eigenvalue weighted by Gasteiger charge is -2.16. The summed E-state index contributed by atoms with van der Waals surface area (Å²) in [6.45, 7) is 9.49. The number of rotatable bonds is 10. The lowest BCUT2D eigenvalue weighted by Crippen LogP contribution is -2.32. The van der Waals surface area contributed by atoms with Crippen LogP contribution in [0.3, 0.4) is 0 Å². The van der Waals surface area contributed by atoms with Crippen LogP contribution in [0, 0.1) is 0 Å². The second-order valence-corrected chi connectivity index (χ2v) is 9.52. The number of phenolic OH excluding ortho intramolecular Hbond substituents is 2. The lowest BCUT2D eigenvalue weighted by atomic mass is 9.98. The van der Waals surface area contributed by atoms with Crippen molar-refractivity contribution in [3.8, 4) is 28.6 Å². The van der Waals surface area contributed by atoms with Gasteiger partial charge in [-0.2, -0.15) is 0 Å². The molecule has 0 aliphatic carbocycles. The molecule has 2 aromatic carbocycles. The minimum Gasteiger partial charge on any atom is -0.508 e. The third-order valence-corrected chi connectivity index (χ3v) is 5.53. The number of hydrogen-bond donors (Lipinski definition) is 4. The summed E-state index contributed by atoms with van der Waals surface area (Å²) in [5.74, 6) is -0.0615. The van der Waals surface area contributed by atoms with Crippen LogP contribution >= 0.6 is 0 Å². The Morgan fingerprint density at radius 2 is 1.71 bits per heavy atom. The number of amides is 1. The Balaban J connectivity index is 2.04. The maximum absolute atomic E-state index is 13.0. The zero-order valence-electron chi connectivity index (χ0n) is 21.3. The second-order valence-electron chi connectivity index (χ2n) is 9.52. The zero-order chi connectivity index (χ0) is 25.7. The van der Waals surface area contributed by atoms with Crippen LogP contribution in [-0.4, -0.2) is 69.0 Å². The van der Waals surface area contributed by atoms with Gasteiger partial charge in [-0.05, 0) is 82.7 Å². The Morgan fingerprint density at radius 3 is 2.31 bits per heavy atom. The van der Waals surface area contributed by atoms with E-state index in [9.17, 15) is 15.0 Å². The van der Waals surface area contributed by atoms with E-state index in [2.05, 4.69) is 39.8 Å². The Morgan fingerprint density at radius 1 is 1.03 bits per heavy atom. The fourth-order valence-corrected chi connectivity index (χ4v) is 3.77. The van der Waals surface area contributed by atoms with E-state index in [1.54, 1.807) is 10.6 Å². The van der Waals surface area contributed by atoms with Crippen molar-refractivity contribution < 1.29 is 15.0 Å². The van der Waals surface area contributed by atoms with E-state index in [1.165, 1.54) is 6.07 Å². The number of phenols is 2. The summed E-state index contributed by atoms with van der Waals surface area (Å²) in [4.78, 5) is 15.1. The van der Waals surface area contributed by atoms with Crippen LogP contribution in [0.4, 0.5) is 5.69 Å². The molecule has 0 bridgehead atoms. The van der Waals surface area contributed by atoms with Crippen LogP contribution in [0.5, 0.6) is 11.5 Å². The fourth-order valence-electron chi connectivity index (χ4n) is 3.77. The molecule has 1 amide bonds. The van der Waals surface area contributed by atoms with Crippen molar-refractivity contribution in [2.45, 2.75) is 46.1 Å². The summed E-state index contributed by atoms with van der Waals surface area (Å²) in [7, 11) is 4.10. The van der Waals surface area contributed by atoms with Gasteiger partial charge in [0.1, 0.15) is 11.5 Å². The third-order valence-electron chi connectivity index (χ3n) is 5.53. The SMILES string of the molecule is CC(C)NC(=O)c1nnc(-c2cc(C(C)C)c(O)cc2O)n1-c1ccc(NCCCN(C)C)cc1. The van der Waals surface area contributed by atoms with Crippen LogP contribution in [0.15, 0.2) is 36.4 Å². The van der Waals surface area contributed by atoms with Crippen LogP contribution in [0.25, 0.3) is 17.1 Å². The van der Waals surface area contributed by atoms with Gasteiger partial charge in [0.25, 0.3) is 5.91 Å². The predicted molar refractivity (Wildman–Crippen MR) is 138 cm³/mol. The number of aromatic hydroxyl groups is 2. The molecule has 35 heavy (non-hydrogen) atoms. The van der Waals surface area contributed by atoms with Crippen LogP contribution in [0.2, 0.25) is 0 Å². The average molecular weight is 481 g/mol. The van der Waals surface area contributed by atoms with E-state index >= 15 is 0 Å². The molecule has 0 atom stereocenters. The van der Waals surface area contributed by atoms with Gasteiger partial charge in [0.05, 0.1) is 5.56 Å². The Kier molecular flexibility index (Phi) is 8.34. The highest BCUT2D eigenvalue weighted by Crippen LogP contribution is 2.38. The summed E-state index contributed by atoms with van der Waals surface area (Å²) in [6.07, 6.45) is 1.02. The highest BCUT2D eigenvalue weighted by atomic mass is 16.3. The molecule has 0 unspecified atom stereocenters. The molecule has 0 spiro atoms. The number of anilines is 1. The zero-order valence-corrected chi connectivity index (χ0v) is 21.3. The van der Waals surface area contributed by atoms with Crippen LogP contribution in [-0.2, 0) is 0 Å². The molecule has 3 aromatic rings. The number of hydrogen-bond acceptors (Lipinski definition) is 7. The molecular weight excluding hydrogens is 444 g/mol. The van der Waals surface area contributed by atoms with E-state index in [-0.39, 0.29) is 35.2 Å². The summed E-state index contributed by atoms with van der Waals surface area (Å²) in [5, 5.41) is 35.7. The quantitative estimate of drug-likeness (QED) is 0.325. The van der Waals surface area contributed by atoms with Crippen molar-refractivity contribution in [1.29, 1.82) is 0 Å². The Bertz CT molecular complexity index is 1150. The highest BCUT2D eigenvalue weighted by Gasteiger charge is 2.24. The van der Waals surface area contributed by atoms with E-state index in [0.717, 1.165) is 25.2 Å². The Labute approximate surface area is 206 Å². The first kappa shape index (κ1) is 26.0. The number of benzene rings is 2. The molecule has 188 valence electrons. The molecule has 0 aliphatic rings. The summed E-state index contributed by atoms with van der Waals surface area (Å²) in [5.41, 5.74) is 2.69. The van der Waals surface area contributed by atoms with E-state index in [1.807, 2.05) is 52.0 Å². The summed E-state index contributed by atoms with van der Waals surface area (Å²) >= 11 is 0. The van der Waals surface area contributed by atoms with Crippen molar-refractivity contribution in [3.05, 3.63) is 47.8 Å². The van der Waals surface area contributed by atoms with Crippen molar-refractivity contribution in [1.82, 2.24) is 25.0 Å². The van der Waals surface area contributed by atoms with Gasteiger partial charge >= 0.3 is 0 Å². The first-order chi connectivity index (χ1) is 16.6. The average Bonchev–Trinajstić information content (AvgIpc) is 3.21. The monoisotopic (exact) mass is 480 g/mol. The van der Waals surface area contributed by atoms with E-state index in [4.69, 9.17) is 0 Å². The lowest BCUT2D eigenvalue weighted by molar-refractivity contribution is 0.0930. The molecule has 1 heterocycles. The summed E-state index contributed by atoms with van der Waals surface area (Å²) < 4.78 is 1.63. The normalized spacial score (nSPS) is 11.5. The summed E-state index contributed by atoms with van der Waals surface area (Å²) in [6, 6.07) is 10.6. The highest BCUT2D eigenvalue weighted by molar-refractivity contribution is 5.92. The molecule has 9 nitrogen and oxygen atoms in total. The standard InChI is InChI=1S/C26H36N6O3/c1-16(2)20-14-21(23(34)15-22(20)33)24-29-30-25(26(35)28-17(3)4)32(24)19-10-8-18(9-11-19)27-12-7-13-31(5)6/h8-11,14-17,27,33-34H,7,12-13H2,1-6H3,(H,28,35). The molecular formula is C26H36N6O3. The van der Waals surface area contributed by atoms with E-state index in [0.29, 0.717) is 22.6 Å². The van der Waals surface area contributed by atoms with Gasteiger partial charge < -0.3 is 25.7 Å². The molecule has 0 aliphatic heterocycles. The molecule has 0 saturated carbocycles. The van der Waals surface area contributed by atoms with Crippen molar-refractivity contribution in [3.63, 3.8) is 0 Å². The minimum absolute atomic E-state index is 0.00906. The molecule has 0 radical (unpaired) electrons. The van der Waals surface area contributed by atoms with Crippen molar-refractivity contribution in [2.24, 2.45) is 0 Å². The Hall–Kier alpha value is -3.59. The van der Waals surface area contributed by atoms with Crippen molar-refractivity contribution >= 4 is 11.6 Å². The van der Waals surface area contributed by atoms with Gasteiger partial charge in [-0.25, -0.2) is 0 Å². The van der Waals surface area contributed by atoms with Gasteiger partial charge in [-0.1, -0.05) is 13.8 Å². The predicted octanol–water partition coefficient (Wildman–Crippen LogP) is 3.97. The van der Waals surface area contributed by atoms with Gasteiger partial charge in [0.15, 0.2) is 5.82 Å². The number of nitrogens with zero attached hydrogens (tertiary/aromatic N) is 4. The maximum atomic E-state index is 13.0. The minimum atomic E-state index is -0.369. The number of carbonyl (C=O) groups is 1. The van der Waals surface area contributed by atoms with Gasteiger partial charge in [0.2, 0.25) is 5.82 Å². The first-order valence-corrected chi connectivity index (χ1v) is 11.9. The second kappa shape index (κ2) is 11.2. The van der Waals surface area contributed by atoms with Gasteiger partial charge in [0, 0.05) is 30.0 Å². The van der Waals surface area contributed by atoms with E-state index < -0.39 is 0 Å².